The molecule has 1 saturated carbocycles. The second kappa shape index (κ2) is 12.5. The Morgan fingerprint density at radius 3 is 2.37 bits per heavy atom. The molecule has 1 aliphatic carbocycles. The molecule has 2 amide bonds. The summed E-state index contributed by atoms with van der Waals surface area (Å²) >= 11 is 0. The van der Waals surface area contributed by atoms with E-state index in [-0.39, 0.29) is 31.2 Å². The Bertz CT molecular complexity index is 979. The fraction of sp³-hybridized carbons (Fsp3) is 0.704. The first kappa shape index (κ1) is 30.0. The molecule has 0 unspecified atom stereocenters. The number of rotatable bonds is 8. The van der Waals surface area contributed by atoms with E-state index in [1.165, 1.54) is 0 Å². The number of nitrogens with zero attached hydrogens (tertiary/aromatic N) is 1. The van der Waals surface area contributed by atoms with Crippen molar-refractivity contribution >= 4 is 12.0 Å². The van der Waals surface area contributed by atoms with Gasteiger partial charge in [0, 0.05) is 24.8 Å². The largest absolute Gasteiger partial charge is 0.482 e. The van der Waals surface area contributed by atoms with Gasteiger partial charge in [-0.1, -0.05) is 19.3 Å². The first-order valence-electron chi connectivity index (χ1n) is 13.3. The van der Waals surface area contributed by atoms with Crippen molar-refractivity contribution < 1.29 is 41.4 Å². The van der Waals surface area contributed by atoms with Crippen LogP contribution in [0.3, 0.4) is 0 Å². The Kier molecular flexibility index (Phi) is 9.89. The number of amides is 2. The third-order valence-electron chi connectivity index (χ3n) is 6.80. The summed E-state index contributed by atoms with van der Waals surface area (Å²) in [5, 5.41) is 2.67. The number of alkyl carbamates (subject to hydrolysis) is 1. The van der Waals surface area contributed by atoms with Crippen molar-refractivity contribution in [2.45, 2.75) is 102 Å². The molecule has 2 fully saturated rings. The summed E-state index contributed by atoms with van der Waals surface area (Å²) < 4.78 is 75.2. The van der Waals surface area contributed by atoms with E-state index in [1.54, 1.807) is 27.7 Å². The second-order valence-corrected chi connectivity index (χ2v) is 10.9. The van der Waals surface area contributed by atoms with Crippen LogP contribution in [-0.4, -0.2) is 60.5 Å². The minimum Gasteiger partial charge on any atom is -0.444 e. The number of alkyl halides is 2. The Morgan fingerprint density at radius 1 is 1.05 bits per heavy atom. The lowest BCUT2D eigenvalue weighted by Gasteiger charge is -2.42. The maximum absolute atomic E-state index is 15.4. The monoisotopic (exact) mass is 546 g/mol. The smallest absolute Gasteiger partial charge is 0.444 e. The van der Waals surface area contributed by atoms with Crippen molar-refractivity contribution in [3.63, 3.8) is 0 Å². The minimum absolute atomic E-state index is 0.00338. The zero-order valence-corrected chi connectivity index (χ0v) is 22.5. The van der Waals surface area contributed by atoms with E-state index in [9.17, 15) is 18.4 Å². The molecule has 7 nitrogen and oxygen atoms in total. The van der Waals surface area contributed by atoms with Gasteiger partial charge in [0.1, 0.15) is 11.4 Å². The van der Waals surface area contributed by atoms with E-state index in [1.807, 2.05) is 0 Å². The summed E-state index contributed by atoms with van der Waals surface area (Å²) in [6, 6.07) is -0.171. The number of nitrogens with one attached hydrogen (secondary N) is 1. The van der Waals surface area contributed by atoms with Gasteiger partial charge in [0.15, 0.2) is 11.6 Å². The third-order valence-corrected chi connectivity index (χ3v) is 6.80. The van der Waals surface area contributed by atoms with Gasteiger partial charge in [-0.05, 0) is 65.4 Å². The quantitative estimate of drug-likeness (QED) is 0.411. The SMILES string of the molecule is CCOC[C@H]1[C@@H](NC(=O)OC(C)(C)C)CCCN1C(=O)C(F)(F)Oc1c(F)cc(F)cc1C1CCCCC1. The van der Waals surface area contributed by atoms with Crippen molar-refractivity contribution in [2.24, 2.45) is 0 Å². The number of halogens is 4. The summed E-state index contributed by atoms with van der Waals surface area (Å²) in [7, 11) is 0. The van der Waals surface area contributed by atoms with Gasteiger partial charge in [0.05, 0.1) is 18.7 Å². The molecule has 2 atom stereocenters. The highest BCUT2D eigenvalue weighted by Gasteiger charge is 2.50. The van der Waals surface area contributed by atoms with Crippen LogP contribution in [0.25, 0.3) is 0 Å². The number of piperidine rings is 1. The summed E-state index contributed by atoms with van der Waals surface area (Å²) in [6.07, 6.45) is -0.735. The van der Waals surface area contributed by atoms with E-state index in [0.717, 1.165) is 30.2 Å². The van der Waals surface area contributed by atoms with Gasteiger partial charge in [-0.2, -0.15) is 8.78 Å². The van der Waals surface area contributed by atoms with E-state index in [0.29, 0.717) is 31.7 Å². The Hall–Kier alpha value is -2.56. The summed E-state index contributed by atoms with van der Waals surface area (Å²) in [5.74, 6) is -5.02. The van der Waals surface area contributed by atoms with Gasteiger partial charge in [-0.15, -0.1) is 0 Å². The lowest BCUT2D eigenvalue weighted by Crippen LogP contribution is -2.62. The lowest BCUT2D eigenvalue weighted by molar-refractivity contribution is -0.209. The van der Waals surface area contributed by atoms with E-state index in [4.69, 9.17) is 14.2 Å². The van der Waals surface area contributed by atoms with E-state index < -0.39 is 53.2 Å². The molecule has 0 aromatic heterocycles. The molecule has 3 rings (SSSR count). The molecule has 0 bridgehead atoms. The molecule has 1 aromatic carbocycles. The zero-order chi connectivity index (χ0) is 28.1. The fourth-order valence-electron chi connectivity index (χ4n) is 5.12. The highest BCUT2D eigenvalue weighted by atomic mass is 19.3. The van der Waals surface area contributed by atoms with Gasteiger partial charge < -0.3 is 24.4 Å². The van der Waals surface area contributed by atoms with Gasteiger partial charge in [0.25, 0.3) is 0 Å². The van der Waals surface area contributed by atoms with Crippen LogP contribution in [0.15, 0.2) is 12.1 Å². The molecule has 11 heteroatoms. The van der Waals surface area contributed by atoms with Crippen LogP contribution in [0.4, 0.5) is 22.4 Å². The van der Waals surface area contributed by atoms with Gasteiger partial charge >= 0.3 is 18.1 Å². The van der Waals surface area contributed by atoms with Crippen molar-refractivity contribution in [2.75, 3.05) is 19.8 Å². The van der Waals surface area contributed by atoms with Crippen molar-refractivity contribution in [1.29, 1.82) is 0 Å². The zero-order valence-electron chi connectivity index (χ0n) is 22.5. The molecule has 0 radical (unpaired) electrons. The number of hydrogen-bond acceptors (Lipinski definition) is 5. The Morgan fingerprint density at radius 2 is 1.74 bits per heavy atom. The number of carbonyl (C=O) groups excluding carboxylic acids is 2. The predicted octanol–water partition coefficient (Wildman–Crippen LogP) is 5.90. The van der Waals surface area contributed by atoms with Gasteiger partial charge in [-0.3, -0.25) is 4.79 Å². The molecule has 1 saturated heterocycles. The highest BCUT2D eigenvalue weighted by molar-refractivity contribution is 5.83. The molecule has 214 valence electrons. The highest BCUT2D eigenvalue weighted by Crippen LogP contribution is 2.41. The molecular weight excluding hydrogens is 508 g/mol. The fourth-order valence-corrected chi connectivity index (χ4v) is 5.12. The normalized spacial score (nSPS) is 21.2. The van der Waals surface area contributed by atoms with Crippen molar-refractivity contribution in [3.05, 3.63) is 29.3 Å². The van der Waals surface area contributed by atoms with Crippen LogP contribution in [0.2, 0.25) is 0 Å². The topological polar surface area (TPSA) is 77.1 Å². The van der Waals surface area contributed by atoms with Crippen LogP contribution in [-0.2, 0) is 14.3 Å². The second-order valence-electron chi connectivity index (χ2n) is 10.9. The van der Waals surface area contributed by atoms with E-state index >= 15 is 8.78 Å². The molecule has 2 aliphatic rings. The average molecular weight is 547 g/mol. The standard InChI is InChI=1S/C27H38F4N2O5/c1-5-36-16-22-21(32-25(35)38-26(2,3)4)12-9-13-33(22)24(34)27(30,31)37-23-19(14-18(28)15-20(23)29)17-10-7-6-8-11-17/h14-15,17,21-22H,5-13,16H2,1-4H3,(H,32,35)/t21-,22-/m0/s1. The molecule has 38 heavy (non-hydrogen) atoms. The van der Waals surface area contributed by atoms with Gasteiger partial charge in [0.2, 0.25) is 0 Å². The Balaban J connectivity index is 1.84. The predicted molar refractivity (Wildman–Crippen MR) is 132 cm³/mol. The molecule has 1 aliphatic heterocycles. The molecule has 0 spiro atoms. The minimum atomic E-state index is -4.44. The van der Waals surface area contributed by atoms with Crippen LogP contribution in [0.5, 0.6) is 5.75 Å². The summed E-state index contributed by atoms with van der Waals surface area (Å²) in [5.41, 5.74) is -0.775. The number of carbonyl (C=O) groups is 2. The van der Waals surface area contributed by atoms with Crippen LogP contribution >= 0.6 is 0 Å². The first-order valence-corrected chi connectivity index (χ1v) is 13.3. The molecule has 1 heterocycles. The number of likely N-dealkylation sites (tertiary alicyclic amines) is 1. The van der Waals surface area contributed by atoms with E-state index in [2.05, 4.69) is 5.32 Å². The van der Waals surface area contributed by atoms with Crippen LogP contribution < -0.4 is 10.1 Å². The van der Waals surface area contributed by atoms with Crippen molar-refractivity contribution in [1.82, 2.24) is 10.2 Å². The maximum atomic E-state index is 15.4. The van der Waals surface area contributed by atoms with Crippen LogP contribution in [0, 0.1) is 11.6 Å². The maximum Gasteiger partial charge on any atom is 0.482 e. The van der Waals surface area contributed by atoms with Gasteiger partial charge in [-0.25, -0.2) is 13.6 Å². The third kappa shape index (κ3) is 7.74. The first-order chi connectivity index (χ1) is 17.8. The van der Waals surface area contributed by atoms with Crippen molar-refractivity contribution in [3.8, 4) is 5.75 Å². The number of ether oxygens (including phenoxy) is 3. The molecular formula is C27H38F4N2O5. The Labute approximate surface area is 221 Å². The average Bonchev–Trinajstić information content (AvgIpc) is 2.83. The number of benzene rings is 1. The summed E-state index contributed by atoms with van der Waals surface area (Å²) in [6.45, 7) is 6.89. The molecule has 1 N–H and O–H groups in total. The van der Waals surface area contributed by atoms with Crippen LogP contribution in [0.1, 0.15) is 84.1 Å². The number of hydrogen-bond donors (Lipinski definition) is 1. The summed E-state index contributed by atoms with van der Waals surface area (Å²) in [4.78, 5) is 26.5. The molecule has 1 aromatic rings. The lowest BCUT2D eigenvalue weighted by atomic mass is 9.83.